The number of likely N-dealkylation sites (tertiary alicyclic amines) is 1. The van der Waals surface area contributed by atoms with E-state index in [1.165, 1.54) is 12.8 Å². The largest absolute Gasteiger partial charge is 0.380 e. The fourth-order valence-electron chi connectivity index (χ4n) is 2.13. The maximum absolute atomic E-state index is 11.9. The van der Waals surface area contributed by atoms with Crippen LogP contribution in [0.3, 0.4) is 0 Å². The van der Waals surface area contributed by atoms with Gasteiger partial charge in [-0.2, -0.15) is 0 Å². The summed E-state index contributed by atoms with van der Waals surface area (Å²) in [5, 5.41) is 0. The lowest BCUT2D eigenvalue weighted by atomic mass is 10.3. The number of ether oxygens (including phenoxy) is 1. The third-order valence-electron chi connectivity index (χ3n) is 3.43. The topological polar surface area (TPSA) is 32.8 Å². The molecule has 1 amide bonds. The molecule has 1 heterocycles. The van der Waals surface area contributed by atoms with Crippen LogP contribution in [0.15, 0.2) is 0 Å². The van der Waals surface area contributed by atoms with E-state index in [4.69, 9.17) is 4.74 Å². The number of rotatable bonds is 7. The van der Waals surface area contributed by atoms with Crippen molar-refractivity contribution in [2.45, 2.75) is 38.7 Å². The zero-order chi connectivity index (χ0) is 12.7. The second-order valence-electron chi connectivity index (χ2n) is 4.89. The standard InChI is InChI=1S/C13H26N2O2/c1-4-5-8-14(2)9-7-13(16)15-10-6-12(11-15)17-3/h12H,4-11H2,1-3H3. The molecule has 0 bridgehead atoms. The van der Waals surface area contributed by atoms with Gasteiger partial charge in [-0.25, -0.2) is 0 Å². The highest BCUT2D eigenvalue weighted by Gasteiger charge is 2.25. The van der Waals surface area contributed by atoms with Crippen LogP contribution in [0, 0.1) is 0 Å². The third-order valence-corrected chi connectivity index (χ3v) is 3.43. The summed E-state index contributed by atoms with van der Waals surface area (Å²) in [7, 11) is 3.81. The summed E-state index contributed by atoms with van der Waals surface area (Å²) in [6.45, 7) is 5.77. The molecule has 0 spiro atoms. The molecule has 1 aliphatic rings. The molecule has 0 aliphatic carbocycles. The average Bonchev–Trinajstić information content (AvgIpc) is 2.82. The molecule has 0 aromatic heterocycles. The Kier molecular flexibility index (Phi) is 6.52. The predicted octanol–water partition coefficient (Wildman–Crippen LogP) is 1.36. The highest BCUT2D eigenvalue weighted by Crippen LogP contribution is 2.12. The molecule has 17 heavy (non-hydrogen) atoms. The van der Waals surface area contributed by atoms with Crippen molar-refractivity contribution in [1.29, 1.82) is 0 Å². The summed E-state index contributed by atoms with van der Waals surface area (Å²) in [6.07, 6.45) is 4.28. The normalized spacial score (nSPS) is 20.2. The van der Waals surface area contributed by atoms with Crippen molar-refractivity contribution < 1.29 is 9.53 Å². The molecule has 0 aromatic rings. The van der Waals surface area contributed by atoms with Crippen molar-refractivity contribution in [3.05, 3.63) is 0 Å². The number of carbonyl (C=O) groups excluding carboxylic acids is 1. The minimum atomic E-state index is 0.247. The summed E-state index contributed by atoms with van der Waals surface area (Å²) in [5.41, 5.74) is 0. The smallest absolute Gasteiger partial charge is 0.223 e. The molecule has 1 aliphatic heterocycles. The van der Waals surface area contributed by atoms with E-state index in [1.807, 2.05) is 4.90 Å². The maximum atomic E-state index is 11.9. The summed E-state index contributed by atoms with van der Waals surface area (Å²) < 4.78 is 5.27. The van der Waals surface area contributed by atoms with Gasteiger partial charge in [0.25, 0.3) is 0 Å². The van der Waals surface area contributed by atoms with Gasteiger partial charge in [0, 0.05) is 33.2 Å². The van der Waals surface area contributed by atoms with Crippen LogP contribution in [0.4, 0.5) is 0 Å². The van der Waals surface area contributed by atoms with Crippen molar-refractivity contribution in [3.63, 3.8) is 0 Å². The number of nitrogens with zero attached hydrogens (tertiary/aromatic N) is 2. The first kappa shape index (κ1) is 14.5. The van der Waals surface area contributed by atoms with Gasteiger partial charge in [-0.1, -0.05) is 13.3 Å². The Bertz CT molecular complexity index is 233. The maximum Gasteiger partial charge on any atom is 0.223 e. The fourth-order valence-corrected chi connectivity index (χ4v) is 2.13. The second-order valence-corrected chi connectivity index (χ2v) is 4.89. The molecular formula is C13H26N2O2. The van der Waals surface area contributed by atoms with Crippen LogP contribution in [0.1, 0.15) is 32.6 Å². The van der Waals surface area contributed by atoms with E-state index in [9.17, 15) is 4.79 Å². The van der Waals surface area contributed by atoms with Gasteiger partial charge in [0.1, 0.15) is 0 Å². The highest BCUT2D eigenvalue weighted by atomic mass is 16.5. The quantitative estimate of drug-likeness (QED) is 0.676. The van der Waals surface area contributed by atoms with E-state index in [1.54, 1.807) is 7.11 Å². The Hall–Kier alpha value is -0.610. The van der Waals surface area contributed by atoms with Gasteiger partial charge in [0.2, 0.25) is 5.91 Å². The lowest BCUT2D eigenvalue weighted by molar-refractivity contribution is -0.130. The van der Waals surface area contributed by atoms with Crippen LogP contribution in [-0.2, 0) is 9.53 Å². The molecular weight excluding hydrogens is 216 g/mol. The molecule has 0 N–H and O–H groups in total. The number of methoxy groups -OCH3 is 1. The molecule has 1 rings (SSSR count). The first-order chi connectivity index (χ1) is 8.17. The van der Waals surface area contributed by atoms with Crippen molar-refractivity contribution >= 4 is 5.91 Å². The number of amides is 1. The Labute approximate surface area is 105 Å². The first-order valence-electron chi connectivity index (χ1n) is 6.66. The van der Waals surface area contributed by atoms with Gasteiger partial charge in [-0.3, -0.25) is 4.79 Å². The van der Waals surface area contributed by atoms with Gasteiger partial charge in [0.15, 0.2) is 0 Å². The predicted molar refractivity (Wildman–Crippen MR) is 69.0 cm³/mol. The lowest BCUT2D eigenvalue weighted by Gasteiger charge is -2.19. The number of unbranched alkanes of at least 4 members (excludes halogenated alkanes) is 1. The number of hydrogen-bond donors (Lipinski definition) is 0. The van der Waals surface area contributed by atoms with Crippen molar-refractivity contribution in [2.24, 2.45) is 0 Å². The molecule has 4 nitrogen and oxygen atoms in total. The van der Waals surface area contributed by atoms with E-state index >= 15 is 0 Å². The number of carbonyl (C=O) groups is 1. The van der Waals surface area contributed by atoms with Crippen LogP contribution in [0.2, 0.25) is 0 Å². The molecule has 1 unspecified atom stereocenters. The summed E-state index contributed by atoms with van der Waals surface area (Å²) >= 11 is 0. The molecule has 100 valence electrons. The van der Waals surface area contributed by atoms with Crippen molar-refractivity contribution in [3.8, 4) is 0 Å². The van der Waals surface area contributed by atoms with Crippen molar-refractivity contribution in [2.75, 3.05) is 40.3 Å². The lowest BCUT2D eigenvalue weighted by Crippen LogP contribution is -2.33. The molecule has 0 saturated carbocycles. The minimum Gasteiger partial charge on any atom is -0.380 e. The Morgan fingerprint density at radius 3 is 2.82 bits per heavy atom. The monoisotopic (exact) mass is 242 g/mol. The Morgan fingerprint density at radius 2 is 2.24 bits per heavy atom. The van der Waals surface area contributed by atoms with E-state index in [0.717, 1.165) is 32.6 Å². The fraction of sp³-hybridized carbons (Fsp3) is 0.923. The van der Waals surface area contributed by atoms with E-state index in [-0.39, 0.29) is 12.0 Å². The highest BCUT2D eigenvalue weighted by molar-refractivity contribution is 5.76. The summed E-state index contributed by atoms with van der Waals surface area (Å²) in [4.78, 5) is 16.1. The Morgan fingerprint density at radius 1 is 1.47 bits per heavy atom. The SMILES string of the molecule is CCCCN(C)CCC(=O)N1CCC(OC)C1. The molecule has 0 radical (unpaired) electrons. The van der Waals surface area contributed by atoms with Gasteiger partial charge < -0.3 is 14.5 Å². The molecule has 0 aromatic carbocycles. The molecule has 4 heteroatoms. The molecule has 1 saturated heterocycles. The second kappa shape index (κ2) is 7.67. The number of hydrogen-bond acceptors (Lipinski definition) is 3. The Balaban J connectivity index is 2.17. The van der Waals surface area contributed by atoms with E-state index < -0.39 is 0 Å². The summed E-state index contributed by atoms with van der Waals surface area (Å²) in [6, 6.07) is 0. The zero-order valence-corrected chi connectivity index (χ0v) is 11.4. The van der Waals surface area contributed by atoms with Crippen LogP contribution in [0.25, 0.3) is 0 Å². The average molecular weight is 242 g/mol. The van der Waals surface area contributed by atoms with Gasteiger partial charge in [-0.05, 0) is 26.4 Å². The molecule has 1 atom stereocenters. The third kappa shape index (κ3) is 5.04. The van der Waals surface area contributed by atoms with Gasteiger partial charge in [0.05, 0.1) is 6.10 Å². The van der Waals surface area contributed by atoms with Crippen LogP contribution >= 0.6 is 0 Å². The van der Waals surface area contributed by atoms with Crippen LogP contribution in [-0.4, -0.2) is 62.1 Å². The van der Waals surface area contributed by atoms with Crippen molar-refractivity contribution in [1.82, 2.24) is 9.80 Å². The van der Waals surface area contributed by atoms with E-state index in [2.05, 4.69) is 18.9 Å². The van der Waals surface area contributed by atoms with Crippen LogP contribution < -0.4 is 0 Å². The first-order valence-corrected chi connectivity index (χ1v) is 6.66. The van der Waals surface area contributed by atoms with E-state index in [0.29, 0.717) is 6.42 Å². The van der Waals surface area contributed by atoms with Crippen LogP contribution in [0.5, 0.6) is 0 Å². The molecule has 1 fully saturated rings. The van der Waals surface area contributed by atoms with Gasteiger partial charge in [-0.15, -0.1) is 0 Å². The summed E-state index contributed by atoms with van der Waals surface area (Å²) in [5.74, 6) is 0.271. The minimum absolute atomic E-state index is 0.247. The van der Waals surface area contributed by atoms with Gasteiger partial charge >= 0.3 is 0 Å². The zero-order valence-electron chi connectivity index (χ0n) is 11.4.